The molecule has 2 aromatic heterocycles. The molecule has 0 fully saturated rings. The van der Waals surface area contributed by atoms with E-state index in [-0.39, 0.29) is 17.0 Å². The first kappa shape index (κ1) is 18.5. The molecule has 0 saturated heterocycles. The van der Waals surface area contributed by atoms with Crippen LogP contribution in [0.25, 0.3) is 23.1 Å². The molecule has 0 aliphatic heterocycles. The molecular formula is C20H16FN3O2S2. The number of rotatable bonds is 5. The van der Waals surface area contributed by atoms with Crippen molar-refractivity contribution in [3.8, 4) is 0 Å². The maximum absolute atomic E-state index is 14.6. The first-order valence-electron chi connectivity index (χ1n) is 8.41. The van der Waals surface area contributed by atoms with E-state index < -0.39 is 15.8 Å². The maximum atomic E-state index is 14.6. The Balaban J connectivity index is 1.92. The smallest absolute Gasteiger partial charge is 0.268 e. The minimum atomic E-state index is -3.87. The molecule has 28 heavy (non-hydrogen) atoms. The molecule has 0 radical (unpaired) electrons. The summed E-state index contributed by atoms with van der Waals surface area (Å²) < 4.78 is 42.2. The van der Waals surface area contributed by atoms with E-state index >= 15 is 0 Å². The van der Waals surface area contributed by atoms with Gasteiger partial charge in [-0.3, -0.25) is 0 Å². The number of halogens is 1. The second kappa shape index (κ2) is 7.31. The van der Waals surface area contributed by atoms with Gasteiger partial charge in [0.1, 0.15) is 5.82 Å². The molecule has 8 heteroatoms. The number of fused-ring (bicyclic) bond motifs is 1. The monoisotopic (exact) mass is 413 g/mol. The summed E-state index contributed by atoms with van der Waals surface area (Å²) in [5, 5.41) is 2.31. The van der Waals surface area contributed by atoms with Gasteiger partial charge in [0.05, 0.1) is 21.6 Å². The fraction of sp³-hybridized carbons (Fsp3) is 0.0500. The lowest BCUT2D eigenvalue weighted by Crippen LogP contribution is -2.17. The number of thiazole rings is 1. The highest BCUT2D eigenvalue weighted by atomic mass is 32.2. The van der Waals surface area contributed by atoms with Gasteiger partial charge in [-0.15, -0.1) is 11.3 Å². The van der Waals surface area contributed by atoms with Crippen LogP contribution in [0.5, 0.6) is 0 Å². The van der Waals surface area contributed by atoms with Gasteiger partial charge in [0, 0.05) is 28.6 Å². The van der Waals surface area contributed by atoms with E-state index in [1.54, 1.807) is 41.9 Å². The lowest BCUT2D eigenvalue weighted by atomic mass is 10.1. The Hall–Kier alpha value is -2.81. The zero-order valence-electron chi connectivity index (χ0n) is 14.6. The number of benzene rings is 2. The van der Waals surface area contributed by atoms with Crippen LogP contribution >= 0.6 is 11.3 Å². The van der Waals surface area contributed by atoms with E-state index in [2.05, 4.69) is 4.98 Å². The van der Waals surface area contributed by atoms with Gasteiger partial charge in [-0.05, 0) is 42.5 Å². The van der Waals surface area contributed by atoms with Crippen molar-refractivity contribution in [1.82, 2.24) is 8.96 Å². The highest BCUT2D eigenvalue weighted by molar-refractivity contribution is 7.90. The second-order valence-corrected chi connectivity index (χ2v) is 8.61. The van der Waals surface area contributed by atoms with Crippen molar-refractivity contribution in [3.05, 3.63) is 82.2 Å². The van der Waals surface area contributed by atoms with Crippen LogP contribution < -0.4 is 5.73 Å². The molecule has 2 heterocycles. The van der Waals surface area contributed by atoms with E-state index in [0.717, 1.165) is 0 Å². The summed E-state index contributed by atoms with van der Waals surface area (Å²) in [6.07, 6.45) is 3.27. The predicted molar refractivity (Wildman–Crippen MR) is 110 cm³/mol. The second-order valence-electron chi connectivity index (χ2n) is 6.10. The Morgan fingerprint density at radius 1 is 1.14 bits per heavy atom. The normalized spacial score (nSPS) is 12.2. The molecule has 0 atom stereocenters. The molecular weight excluding hydrogens is 397 g/mol. The van der Waals surface area contributed by atoms with Gasteiger partial charge in [-0.2, -0.15) is 0 Å². The van der Waals surface area contributed by atoms with Gasteiger partial charge < -0.3 is 5.73 Å². The van der Waals surface area contributed by atoms with Crippen molar-refractivity contribution in [2.45, 2.75) is 11.4 Å². The van der Waals surface area contributed by atoms with Crippen LogP contribution in [0.2, 0.25) is 0 Å². The molecule has 0 aliphatic rings. The summed E-state index contributed by atoms with van der Waals surface area (Å²) in [5.41, 5.74) is 9.22. The predicted octanol–water partition coefficient (Wildman–Crippen LogP) is 4.10. The molecule has 4 aromatic rings. The van der Waals surface area contributed by atoms with E-state index in [4.69, 9.17) is 5.73 Å². The van der Waals surface area contributed by atoms with Crippen LogP contribution in [0, 0.1) is 5.82 Å². The summed E-state index contributed by atoms with van der Waals surface area (Å²) >= 11 is 1.44. The minimum absolute atomic E-state index is 0.00631. The molecule has 2 aromatic carbocycles. The molecule has 0 spiro atoms. The summed E-state index contributed by atoms with van der Waals surface area (Å²) in [6, 6.07) is 12.5. The van der Waals surface area contributed by atoms with Crippen molar-refractivity contribution in [2.75, 3.05) is 0 Å². The van der Waals surface area contributed by atoms with Crippen LogP contribution in [0.1, 0.15) is 17.0 Å². The van der Waals surface area contributed by atoms with E-state index in [0.29, 0.717) is 22.3 Å². The third kappa shape index (κ3) is 3.26. The van der Waals surface area contributed by atoms with Gasteiger partial charge in [0.15, 0.2) is 0 Å². The third-order valence-electron chi connectivity index (χ3n) is 4.32. The van der Waals surface area contributed by atoms with Crippen molar-refractivity contribution < 1.29 is 12.8 Å². The van der Waals surface area contributed by atoms with Crippen LogP contribution in [0.15, 0.2) is 64.3 Å². The van der Waals surface area contributed by atoms with Gasteiger partial charge in [-0.25, -0.2) is 21.8 Å². The van der Waals surface area contributed by atoms with E-state index in [9.17, 15) is 12.8 Å². The van der Waals surface area contributed by atoms with Crippen molar-refractivity contribution in [2.24, 2.45) is 5.73 Å². The zero-order valence-corrected chi connectivity index (χ0v) is 16.3. The van der Waals surface area contributed by atoms with Crippen molar-refractivity contribution in [1.29, 1.82) is 0 Å². The molecule has 0 bridgehead atoms. The van der Waals surface area contributed by atoms with Gasteiger partial charge in [0.2, 0.25) is 0 Å². The van der Waals surface area contributed by atoms with Crippen LogP contribution in [-0.2, 0) is 16.6 Å². The standard InChI is InChI=1S/C20H16FN3O2S2/c21-19-9-15-8-17(11-22)24(28(25,26)18-4-2-1-3-5-18)20(15)10-14(19)6-7-16-12-27-13-23-16/h1-10,12-13H,11,22H2/b7-6+. The first-order chi connectivity index (χ1) is 13.5. The highest BCUT2D eigenvalue weighted by Crippen LogP contribution is 2.28. The van der Waals surface area contributed by atoms with Crippen LogP contribution in [0.4, 0.5) is 4.39 Å². The largest absolute Gasteiger partial charge is 0.325 e. The molecule has 0 amide bonds. The topological polar surface area (TPSA) is 78.0 Å². The molecule has 0 unspecified atom stereocenters. The summed E-state index contributed by atoms with van der Waals surface area (Å²) in [6.45, 7) is 0.00631. The Kier molecular flexibility index (Phi) is 4.84. The average Bonchev–Trinajstić information content (AvgIpc) is 3.34. The fourth-order valence-corrected chi connectivity index (χ4v) is 5.10. The Morgan fingerprint density at radius 2 is 1.93 bits per heavy atom. The Labute approximate surface area is 165 Å². The first-order valence-corrected chi connectivity index (χ1v) is 10.8. The number of nitrogens with two attached hydrogens (primary N) is 1. The molecule has 4 rings (SSSR count). The fourth-order valence-electron chi connectivity index (χ4n) is 3.01. The third-order valence-corrected chi connectivity index (χ3v) is 6.71. The van der Waals surface area contributed by atoms with Gasteiger partial charge in [-0.1, -0.05) is 18.2 Å². The molecule has 5 nitrogen and oxygen atoms in total. The minimum Gasteiger partial charge on any atom is -0.325 e. The maximum Gasteiger partial charge on any atom is 0.268 e. The van der Waals surface area contributed by atoms with Gasteiger partial charge >= 0.3 is 0 Å². The highest BCUT2D eigenvalue weighted by Gasteiger charge is 2.23. The van der Waals surface area contributed by atoms with Crippen LogP contribution in [0.3, 0.4) is 0 Å². The number of aromatic nitrogens is 2. The Bertz CT molecular complexity index is 1260. The lowest BCUT2D eigenvalue weighted by Gasteiger charge is -2.11. The summed E-state index contributed by atoms with van der Waals surface area (Å²) in [4.78, 5) is 4.27. The molecule has 0 aliphatic carbocycles. The number of nitrogens with zero attached hydrogens (tertiary/aromatic N) is 2. The van der Waals surface area contributed by atoms with Crippen LogP contribution in [-0.4, -0.2) is 17.4 Å². The van der Waals surface area contributed by atoms with Crippen molar-refractivity contribution in [3.63, 3.8) is 0 Å². The zero-order chi connectivity index (χ0) is 19.7. The van der Waals surface area contributed by atoms with E-state index in [1.165, 1.54) is 39.6 Å². The summed E-state index contributed by atoms with van der Waals surface area (Å²) in [5.74, 6) is -0.447. The van der Waals surface area contributed by atoms with E-state index in [1.807, 2.05) is 5.38 Å². The molecule has 0 saturated carbocycles. The summed E-state index contributed by atoms with van der Waals surface area (Å²) in [7, 11) is -3.87. The number of hydrogen-bond acceptors (Lipinski definition) is 5. The van der Waals surface area contributed by atoms with Crippen molar-refractivity contribution >= 4 is 44.4 Å². The Morgan fingerprint density at radius 3 is 2.61 bits per heavy atom. The average molecular weight is 413 g/mol. The van der Waals surface area contributed by atoms with Gasteiger partial charge in [0.25, 0.3) is 10.0 Å². The lowest BCUT2D eigenvalue weighted by molar-refractivity contribution is 0.587. The SMILES string of the molecule is NCc1cc2cc(F)c(/C=C/c3cscn3)cc2n1S(=O)(=O)c1ccccc1. The quantitative estimate of drug-likeness (QED) is 0.534. The molecule has 2 N–H and O–H groups in total. The number of hydrogen-bond donors (Lipinski definition) is 1. The molecule has 142 valence electrons.